The minimum atomic E-state index is 0.0127. The van der Waals surface area contributed by atoms with Gasteiger partial charge in [-0.25, -0.2) is 0 Å². The largest absolute Gasteiger partial charge is 0.388 e. The van der Waals surface area contributed by atoms with Gasteiger partial charge in [0.1, 0.15) is 11.5 Å². The molecular formula is C26H26N2O2. The average Bonchev–Trinajstić information content (AvgIpc) is 2.67. The van der Waals surface area contributed by atoms with Gasteiger partial charge in [-0.2, -0.15) is 0 Å². The van der Waals surface area contributed by atoms with Gasteiger partial charge >= 0.3 is 0 Å². The molecule has 0 aliphatic heterocycles. The molecule has 4 fully saturated rings. The quantitative estimate of drug-likeness (QED) is 0.609. The van der Waals surface area contributed by atoms with Crippen LogP contribution in [0.15, 0.2) is 36.4 Å². The van der Waals surface area contributed by atoms with Gasteiger partial charge in [-0.05, 0) is 87.5 Å². The molecule has 2 aromatic rings. The lowest BCUT2D eigenvalue weighted by molar-refractivity contribution is -0.0294. The number of nitrogens with zero attached hydrogens (tertiary/aromatic N) is 2. The van der Waals surface area contributed by atoms with E-state index in [-0.39, 0.29) is 10.8 Å². The van der Waals surface area contributed by atoms with Gasteiger partial charge in [0.25, 0.3) is 12.5 Å². The second-order valence-corrected chi connectivity index (χ2v) is 9.91. The fourth-order valence-electron chi connectivity index (χ4n) is 7.30. The minimum absolute atomic E-state index is 0.0127. The van der Waals surface area contributed by atoms with Gasteiger partial charge < -0.3 is 9.47 Å². The molecule has 0 radical (unpaired) electrons. The van der Waals surface area contributed by atoms with E-state index in [4.69, 9.17) is 9.47 Å². The summed E-state index contributed by atoms with van der Waals surface area (Å²) in [5, 5.41) is 18.5. The molecule has 0 saturated heterocycles. The van der Waals surface area contributed by atoms with Gasteiger partial charge in [0.15, 0.2) is 0 Å². The molecule has 0 unspecified atom stereocenters. The molecule has 4 saturated carbocycles. The van der Waals surface area contributed by atoms with Crippen LogP contribution in [0.25, 0.3) is 0 Å². The molecule has 30 heavy (non-hydrogen) atoms. The summed E-state index contributed by atoms with van der Waals surface area (Å²) >= 11 is 0. The zero-order valence-electron chi connectivity index (χ0n) is 17.6. The Bertz CT molecular complexity index is 994. The van der Waals surface area contributed by atoms with E-state index in [9.17, 15) is 10.5 Å². The number of aryl methyl sites for hydroxylation is 2. The maximum Gasteiger partial charge on any atom is 0.292 e. The molecule has 0 N–H and O–H groups in total. The van der Waals surface area contributed by atoms with E-state index in [1.165, 1.54) is 17.5 Å². The highest BCUT2D eigenvalue weighted by molar-refractivity contribution is 5.49. The highest BCUT2D eigenvalue weighted by atomic mass is 16.5. The third-order valence-corrected chi connectivity index (χ3v) is 7.79. The van der Waals surface area contributed by atoms with Crippen molar-refractivity contribution in [3.8, 4) is 24.0 Å². The Hall–Kier alpha value is -2.98. The molecule has 152 valence electrons. The molecule has 4 bridgehead atoms. The van der Waals surface area contributed by atoms with Gasteiger partial charge in [0, 0.05) is 22.0 Å². The molecule has 0 amide bonds. The summed E-state index contributed by atoms with van der Waals surface area (Å²) < 4.78 is 10.9. The van der Waals surface area contributed by atoms with E-state index in [0.29, 0.717) is 23.3 Å². The second kappa shape index (κ2) is 6.78. The van der Waals surface area contributed by atoms with Crippen LogP contribution in [-0.2, 0) is 10.8 Å². The first-order valence-electron chi connectivity index (χ1n) is 10.8. The zero-order chi connectivity index (χ0) is 20.9. The maximum atomic E-state index is 9.25. The third-order valence-electron chi connectivity index (χ3n) is 7.79. The Morgan fingerprint density at radius 3 is 1.60 bits per heavy atom. The minimum Gasteiger partial charge on any atom is -0.388 e. The number of hydrogen-bond donors (Lipinski definition) is 0. The van der Waals surface area contributed by atoms with E-state index in [0.717, 1.165) is 43.2 Å². The summed E-state index contributed by atoms with van der Waals surface area (Å²) in [5.74, 6) is 2.73. The number of nitriles is 2. The first kappa shape index (κ1) is 19.0. The number of benzene rings is 2. The molecule has 4 nitrogen and oxygen atoms in total. The van der Waals surface area contributed by atoms with Crippen molar-refractivity contribution in [1.82, 2.24) is 0 Å². The lowest BCUT2D eigenvalue weighted by Crippen LogP contribution is -2.56. The van der Waals surface area contributed by atoms with Crippen LogP contribution in [-0.4, -0.2) is 0 Å². The molecule has 0 spiro atoms. The second-order valence-electron chi connectivity index (χ2n) is 9.91. The first-order valence-corrected chi connectivity index (χ1v) is 10.8. The van der Waals surface area contributed by atoms with Crippen LogP contribution in [0, 0.1) is 48.7 Å². The third kappa shape index (κ3) is 2.86. The molecule has 0 heterocycles. The fraction of sp³-hybridized carbons (Fsp3) is 0.462. The summed E-state index contributed by atoms with van der Waals surface area (Å²) in [5.41, 5.74) is 4.60. The molecule has 6 rings (SSSR count). The Kier molecular flexibility index (Phi) is 4.30. The maximum absolute atomic E-state index is 9.25. The van der Waals surface area contributed by atoms with Crippen LogP contribution >= 0.6 is 0 Å². The molecular weight excluding hydrogens is 372 g/mol. The van der Waals surface area contributed by atoms with Gasteiger partial charge in [-0.3, -0.25) is 0 Å². The predicted octanol–water partition coefficient (Wildman–Crippen LogP) is 5.81. The molecule has 4 aliphatic carbocycles. The topological polar surface area (TPSA) is 66.0 Å². The number of rotatable bonds is 4. The van der Waals surface area contributed by atoms with Crippen LogP contribution in [0.1, 0.15) is 60.8 Å². The molecule has 0 aromatic heterocycles. The van der Waals surface area contributed by atoms with Crippen LogP contribution in [0.2, 0.25) is 0 Å². The van der Waals surface area contributed by atoms with Gasteiger partial charge in [0.2, 0.25) is 0 Å². The van der Waals surface area contributed by atoms with Crippen LogP contribution in [0.3, 0.4) is 0 Å². The Labute approximate surface area is 178 Å². The van der Waals surface area contributed by atoms with Crippen LogP contribution < -0.4 is 9.47 Å². The highest BCUT2D eigenvalue weighted by Crippen LogP contribution is 2.67. The van der Waals surface area contributed by atoms with Crippen LogP contribution in [0.5, 0.6) is 11.5 Å². The van der Waals surface area contributed by atoms with E-state index < -0.39 is 0 Å². The number of hydrogen-bond acceptors (Lipinski definition) is 4. The fourth-order valence-corrected chi connectivity index (χ4v) is 7.30. The summed E-state index contributed by atoms with van der Waals surface area (Å²) in [7, 11) is 0. The summed E-state index contributed by atoms with van der Waals surface area (Å²) in [4.78, 5) is 0. The van der Waals surface area contributed by atoms with E-state index in [1.54, 1.807) is 0 Å². The molecule has 4 aliphatic rings. The van der Waals surface area contributed by atoms with Crippen molar-refractivity contribution >= 4 is 0 Å². The van der Waals surface area contributed by atoms with Crippen molar-refractivity contribution in [3.63, 3.8) is 0 Å². The van der Waals surface area contributed by atoms with Crippen molar-refractivity contribution in [3.05, 3.63) is 58.7 Å². The van der Waals surface area contributed by atoms with E-state index >= 15 is 0 Å². The summed E-state index contributed by atoms with van der Waals surface area (Å²) in [6.07, 6.45) is 10.7. The zero-order valence-corrected chi connectivity index (χ0v) is 17.6. The standard InChI is InChI=1S/C26H26N2O2/c1-17-3-5-21(23(7-17)29-15-27)25-10-19-9-20(11-25)13-26(12-19,14-25)22-6-4-18(2)8-24(22)30-16-28/h3-8,19-20H,9-14H2,1-2H3. The predicted molar refractivity (Wildman–Crippen MR) is 113 cm³/mol. The molecule has 4 heteroatoms. The smallest absolute Gasteiger partial charge is 0.292 e. The highest BCUT2D eigenvalue weighted by Gasteiger charge is 2.60. The lowest BCUT2D eigenvalue weighted by Gasteiger charge is -2.62. The molecule has 0 atom stereocenters. The Balaban J connectivity index is 1.64. The lowest BCUT2D eigenvalue weighted by atomic mass is 9.41. The van der Waals surface area contributed by atoms with E-state index in [1.807, 2.05) is 38.5 Å². The van der Waals surface area contributed by atoms with Crippen molar-refractivity contribution in [2.24, 2.45) is 11.8 Å². The number of ether oxygens (including phenoxy) is 2. The van der Waals surface area contributed by atoms with Crippen molar-refractivity contribution in [1.29, 1.82) is 10.5 Å². The Morgan fingerprint density at radius 1 is 0.767 bits per heavy atom. The first-order chi connectivity index (χ1) is 14.5. The van der Waals surface area contributed by atoms with Crippen molar-refractivity contribution in [2.75, 3.05) is 0 Å². The van der Waals surface area contributed by atoms with E-state index in [2.05, 4.69) is 24.3 Å². The summed E-state index contributed by atoms with van der Waals surface area (Å²) in [6, 6.07) is 12.6. The van der Waals surface area contributed by atoms with Gasteiger partial charge in [-0.1, -0.05) is 24.3 Å². The SMILES string of the molecule is Cc1ccc(C23CC4CC(C2)CC(c2ccc(C)cc2OC#N)(C4)C3)c(OC#N)c1. The average molecular weight is 399 g/mol. The van der Waals surface area contributed by atoms with Gasteiger partial charge in [0.05, 0.1) is 0 Å². The van der Waals surface area contributed by atoms with Crippen LogP contribution in [0.4, 0.5) is 0 Å². The normalized spacial score (nSPS) is 31.1. The van der Waals surface area contributed by atoms with Gasteiger partial charge in [-0.15, -0.1) is 10.5 Å². The monoisotopic (exact) mass is 398 g/mol. The van der Waals surface area contributed by atoms with Crippen molar-refractivity contribution < 1.29 is 9.47 Å². The molecule has 2 aromatic carbocycles. The van der Waals surface area contributed by atoms with Crippen molar-refractivity contribution in [2.45, 2.75) is 63.2 Å². The Morgan fingerprint density at radius 2 is 1.20 bits per heavy atom. The summed E-state index contributed by atoms with van der Waals surface area (Å²) in [6.45, 7) is 4.07.